The lowest BCUT2D eigenvalue weighted by molar-refractivity contribution is -0.385. The number of aliphatic hydroxyl groups is 6. The maximum Gasteiger partial charge on any atom is 0.269 e. The largest absolute Gasteiger partial charge is 0.399 e. The molecule has 0 aliphatic carbocycles. The molecule has 0 heterocycles. The lowest BCUT2D eigenvalue weighted by Gasteiger charge is -2.20. The second-order valence-corrected chi connectivity index (χ2v) is 12.7. The first-order valence-electron chi connectivity index (χ1n) is 18.7. The zero-order valence-corrected chi connectivity index (χ0v) is 36.3. The molecule has 60 heavy (non-hydrogen) atoms. The molecule has 0 unspecified atom stereocenters. The van der Waals surface area contributed by atoms with Crippen LogP contribution in [-0.4, -0.2) is 167 Å². The van der Waals surface area contributed by atoms with Crippen molar-refractivity contribution >= 4 is 53.3 Å². The van der Waals surface area contributed by atoms with Gasteiger partial charge in [-0.1, -0.05) is 0 Å². The summed E-state index contributed by atoms with van der Waals surface area (Å²) in [6.45, 7) is 12.4. The van der Waals surface area contributed by atoms with Crippen molar-refractivity contribution in [2.24, 2.45) is 5.73 Å². The summed E-state index contributed by atoms with van der Waals surface area (Å²) >= 11 is 0. The number of nitrogens with zero attached hydrogens (tertiary/aromatic N) is 5. The number of benzene rings is 3. The molecule has 0 fully saturated rings. The van der Waals surface area contributed by atoms with E-state index in [1.54, 1.807) is 11.0 Å². The van der Waals surface area contributed by atoms with Gasteiger partial charge in [0.05, 0.1) is 49.6 Å². The molecule has 19 nitrogen and oxygen atoms in total. The Kier molecular flexibility index (Phi) is 37.0. The number of anilines is 3. The van der Waals surface area contributed by atoms with Gasteiger partial charge < -0.3 is 52.7 Å². The third-order valence-corrected chi connectivity index (χ3v) is 8.24. The van der Waals surface area contributed by atoms with Gasteiger partial charge in [0.15, 0.2) is 0 Å². The van der Waals surface area contributed by atoms with E-state index in [0.717, 1.165) is 53.4 Å². The molecule has 344 valence electrons. The Bertz CT molecular complexity index is 1570. The minimum Gasteiger partial charge on any atom is -0.399 e. The number of aryl methyl sites for hydroxylation is 3. The van der Waals surface area contributed by atoms with Crippen LogP contribution in [0.25, 0.3) is 0 Å². The number of nitrogens with one attached hydrogen (secondary N) is 2. The van der Waals surface area contributed by atoms with Crippen molar-refractivity contribution < 1.29 is 44.9 Å². The smallest absolute Gasteiger partial charge is 0.269 e. The van der Waals surface area contributed by atoms with E-state index in [2.05, 4.69) is 10.6 Å². The summed E-state index contributed by atoms with van der Waals surface area (Å²) in [6, 6.07) is 13.9. The number of nitrogens with two attached hydrogens (primary N) is 2. The summed E-state index contributed by atoms with van der Waals surface area (Å²) in [5.41, 5.74) is 15.8. The van der Waals surface area contributed by atoms with Crippen LogP contribution >= 0.6 is 24.8 Å². The zero-order chi connectivity index (χ0) is 43.9. The number of nitrogen functional groups attached to an aromatic ring is 1. The molecule has 22 heteroatoms. The van der Waals surface area contributed by atoms with E-state index in [1.807, 2.05) is 41.8 Å². The van der Waals surface area contributed by atoms with Gasteiger partial charge in [0.1, 0.15) is 5.82 Å². The standard InChI is InChI=1S/C13H21N3O4.C13H23N3O2.C7H6FNO2.C5H14N2O2.2ClH/c1-11-10-12(16(19)20)2-3-13(11)14-4-5-15(6-8-17)7-9-18;1-11-10-12(14)2-3-13(11)15-4-5-16(6-8-17)7-9-18;1-5-4-6(9(10)11)2-3-7(5)8;6-1-2-7(5-9)3-4-8;;/h2-3,10,14,17-18H,4-9H2,1H3;2-3,10,15,17-18H,4-9,14H2,1H3;2-4H,1H3;8-9H,1-6H2;2*1H. The number of nitro groups is 2. The number of non-ortho nitro benzene ring substituents is 2. The number of hydrogen-bond acceptors (Lipinski definition) is 17. The van der Waals surface area contributed by atoms with Gasteiger partial charge in [-0.05, 0) is 67.8 Å². The van der Waals surface area contributed by atoms with E-state index in [-0.39, 0.29) is 76.0 Å². The van der Waals surface area contributed by atoms with Crippen LogP contribution in [0.3, 0.4) is 0 Å². The highest BCUT2D eigenvalue weighted by molar-refractivity contribution is 5.85. The number of hydrogen-bond donors (Lipinski definition) is 10. The molecule has 0 aliphatic heterocycles. The summed E-state index contributed by atoms with van der Waals surface area (Å²) < 4.78 is 12.5. The fourth-order valence-corrected chi connectivity index (χ4v) is 5.10. The lowest BCUT2D eigenvalue weighted by Crippen LogP contribution is -2.34. The summed E-state index contributed by atoms with van der Waals surface area (Å²) in [4.78, 5) is 25.4. The number of aliphatic hydroxyl groups excluding tert-OH is 6. The first-order valence-corrected chi connectivity index (χ1v) is 18.7. The maximum absolute atomic E-state index is 12.5. The number of nitro benzene ring substituents is 2. The van der Waals surface area contributed by atoms with Crippen LogP contribution in [0.4, 0.5) is 32.8 Å². The Morgan fingerprint density at radius 2 is 0.967 bits per heavy atom. The van der Waals surface area contributed by atoms with E-state index in [4.69, 9.17) is 42.1 Å². The number of halogens is 3. The first kappa shape index (κ1) is 60.3. The molecule has 0 saturated heterocycles. The molecule has 0 radical (unpaired) electrons. The molecule has 0 aliphatic rings. The minimum absolute atomic E-state index is 0. The van der Waals surface area contributed by atoms with Crippen LogP contribution in [0.5, 0.6) is 0 Å². The zero-order valence-electron chi connectivity index (χ0n) is 34.6. The van der Waals surface area contributed by atoms with E-state index in [9.17, 15) is 24.6 Å². The Labute approximate surface area is 363 Å². The van der Waals surface area contributed by atoms with Gasteiger partial charge in [-0.2, -0.15) is 0 Å². The van der Waals surface area contributed by atoms with Crippen LogP contribution in [0.15, 0.2) is 54.6 Å². The molecule has 3 rings (SSSR count). The highest BCUT2D eigenvalue weighted by Gasteiger charge is 2.09. The second-order valence-electron chi connectivity index (χ2n) is 12.7. The molecular formula is C38H66Cl2FN9O10. The predicted octanol–water partition coefficient (Wildman–Crippen LogP) is 1.95. The molecule has 0 bridgehead atoms. The van der Waals surface area contributed by atoms with Crippen molar-refractivity contribution in [1.82, 2.24) is 14.7 Å². The lowest BCUT2D eigenvalue weighted by atomic mass is 10.2. The van der Waals surface area contributed by atoms with Crippen molar-refractivity contribution in [3.05, 3.63) is 97.3 Å². The third kappa shape index (κ3) is 26.9. The van der Waals surface area contributed by atoms with Crippen molar-refractivity contribution in [1.29, 1.82) is 0 Å². The average Bonchev–Trinajstić information content (AvgIpc) is 3.18. The van der Waals surface area contributed by atoms with Crippen LogP contribution < -0.4 is 22.1 Å². The highest BCUT2D eigenvalue weighted by atomic mass is 35.5. The minimum atomic E-state index is -0.549. The van der Waals surface area contributed by atoms with Crippen LogP contribution in [0, 0.1) is 46.8 Å². The molecule has 3 aromatic carbocycles. The third-order valence-electron chi connectivity index (χ3n) is 8.24. The van der Waals surface area contributed by atoms with Crippen LogP contribution in [0.2, 0.25) is 0 Å². The van der Waals surface area contributed by atoms with Crippen molar-refractivity contribution in [2.75, 3.05) is 128 Å². The van der Waals surface area contributed by atoms with E-state index >= 15 is 0 Å². The van der Waals surface area contributed by atoms with Gasteiger partial charge in [-0.25, -0.2) is 4.39 Å². The Morgan fingerprint density at radius 3 is 1.32 bits per heavy atom. The van der Waals surface area contributed by atoms with Crippen molar-refractivity contribution in [3.63, 3.8) is 0 Å². The van der Waals surface area contributed by atoms with E-state index in [0.29, 0.717) is 64.5 Å². The summed E-state index contributed by atoms with van der Waals surface area (Å²) in [6.07, 6.45) is 0. The number of rotatable bonds is 23. The van der Waals surface area contributed by atoms with Crippen molar-refractivity contribution in [2.45, 2.75) is 20.8 Å². The normalized spacial score (nSPS) is 10.2. The van der Waals surface area contributed by atoms with Gasteiger partial charge in [0.25, 0.3) is 11.4 Å². The summed E-state index contributed by atoms with van der Waals surface area (Å²) in [5, 5.41) is 79.9. The maximum atomic E-state index is 12.5. The van der Waals surface area contributed by atoms with E-state index in [1.165, 1.54) is 25.1 Å². The first-order chi connectivity index (χ1) is 27.7. The van der Waals surface area contributed by atoms with E-state index < -0.39 is 15.7 Å². The highest BCUT2D eigenvalue weighted by Crippen LogP contribution is 2.21. The molecule has 0 amide bonds. The van der Waals surface area contributed by atoms with Crippen LogP contribution in [0.1, 0.15) is 16.7 Å². The van der Waals surface area contributed by atoms with Crippen LogP contribution in [-0.2, 0) is 0 Å². The predicted molar refractivity (Wildman–Crippen MR) is 239 cm³/mol. The van der Waals surface area contributed by atoms with Gasteiger partial charge in [0.2, 0.25) is 0 Å². The SMILES string of the molecule is Cc1cc(N)ccc1NCCN(CCO)CCO.Cc1cc([N+](=O)[O-])ccc1F.Cc1cc([N+](=O)[O-])ccc1NCCN(CCO)CCO.Cl.Cl.NCCN(CO)CCO. The average molecular weight is 899 g/mol. The Balaban J connectivity index is -0.000000747. The molecule has 0 saturated carbocycles. The fraction of sp³-hybridized carbons (Fsp3) is 0.526. The van der Waals surface area contributed by atoms with Crippen molar-refractivity contribution in [3.8, 4) is 0 Å². The summed E-state index contributed by atoms with van der Waals surface area (Å²) in [7, 11) is 0. The molecule has 3 aromatic rings. The van der Waals surface area contributed by atoms with Gasteiger partial charge in [0, 0.05) is 113 Å². The topological polar surface area (TPSA) is 293 Å². The molecule has 0 aromatic heterocycles. The second kappa shape index (κ2) is 36.8. The summed E-state index contributed by atoms with van der Waals surface area (Å²) in [5.74, 6) is -0.421. The molecular weight excluding hydrogens is 832 g/mol. The monoisotopic (exact) mass is 897 g/mol. The van der Waals surface area contributed by atoms with Gasteiger partial charge in [-0.15, -0.1) is 24.8 Å². The quantitative estimate of drug-likeness (QED) is 0.0282. The fourth-order valence-electron chi connectivity index (χ4n) is 5.10. The Hall–Kier alpha value is -4.03. The Morgan fingerprint density at radius 1 is 0.583 bits per heavy atom. The molecule has 0 atom stereocenters. The van der Waals surface area contributed by atoms with Gasteiger partial charge in [-0.3, -0.25) is 34.9 Å². The van der Waals surface area contributed by atoms with Gasteiger partial charge >= 0.3 is 0 Å². The molecule has 0 spiro atoms. The molecule has 12 N–H and O–H groups in total.